The monoisotopic (exact) mass is 443 g/mol. The van der Waals surface area contributed by atoms with Gasteiger partial charge in [-0.1, -0.05) is 11.8 Å². The molecule has 0 bridgehead atoms. The van der Waals surface area contributed by atoms with E-state index in [0.717, 1.165) is 43.5 Å². The summed E-state index contributed by atoms with van der Waals surface area (Å²) in [6, 6.07) is 6.94. The zero-order valence-corrected chi connectivity index (χ0v) is 19.1. The number of likely N-dealkylation sites (N-methyl/N-ethyl adjacent to an activating group) is 1. The molecule has 9 heteroatoms. The molecule has 0 spiro atoms. The van der Waals surface area contributed by atoms with Gasteiger partial charge in [0.15, 0.2) is 0 Å². The summed E-state index contributed by atoms with van der Waals surface area (Å²) in [6.07, 6.45) is 3.90. The molecular formula is C22H29N5O3S. The molecule has 0 atom stereocenters. The first kappa shape index (κ1) is 23.0. The third-order valence-electron chi connectivity index (χ3n) is 5.05. The maximum Gasteiger partial charge on any atom is 0.348 e. The largest absolute Gasteiger partial charge is 0.348 e. The van der Waals surface area contributed by atoms with Gasteiger partial charge in [0.1, 0.15) is 5.03 Å². The molecule has 0 aliphatic heterocycles. The Hall–Kier alpha value is -2.65. The highest BCUT2D eigenvalue weighted by molar-refractivity contribution is 8.00. The average Bonchev–Trinajstić information content (AvgIpc) is 2.72. The van der Waals surface area contributed by atoms with Crippen molar-refractivity contribution in [1.29, 1.82) is 0 Å². The average molecular weight is 444 g/mol. The lowest BCUT2D eigenvalue weighted by Crippen LogP contribution is -2.33. The summed E-state index contributed by atoms with van der Waals surface area (Å²) in [5.41, 5.74) is 3.27. The molecule has 0 unspecified atom stereocenters. The van der Waals surface area contributed by atoms with Crippen molar-refractivity contribution >= 4 is 35.0 Å². The minimum Gasteiger partial charge on any atom is -0.326 e. The summed E-state index contributed by atoms with van der Waals surface area (Å²) < 4.78 is 1.80. The number of fused-ring (bicyclic) bond motifs is 1. The number of benzene rings is 1. The molecule has 1 aromatic carbocycles. The molecule has 0 radical (unpaired) electrons. The summed E-state index contributed by atoms with van der Waals surface area (Å²) >= 11 is 1.32. The first-order valence-electron chi connectivity index (χ1n) is 10.4. The molecule has 1 aliphatic carbocycles. The van der Waals surface area contributed by atoms with Crippen molar-refractivity contribution in [3.8, 4) is 0 Å². The summed E-state index contributed by atoms with van der Waals surface area (Å²) in [6.45, 7) is 2.85. The highest BCUT2D eigenvalue weighted by Crippen LogP contribution is 2.28. The van der Waals surface area contributed by atoms with E-state index >= 15 is 0 Å². The van der Waals surface area contributed by atoms with Crippen molar-refractivity contribution in [3.63, 3.8) is 0 Å². The number of rotatable bonds is 8. The molecule has 1 heterocycles. The van der Waals surface area contributed by atoms with Gasteiger partial charge in [-0.15, -0.1) is 0 Å². The molecule has 3 rings (SSSR count). The maximum atomic E-state index is 12.7. The van der Waals surface area contributed by atoms with Crippen molar-refractivity contribution in [2.45, 2.75) is 44.2 Å². The van der Waals surface area contributed by atoms with E-state index in [4.69, 9.17) is 0 Å². The summed E-state index contributed by atoms with van der Waals surface area (Å²) in [7, 11) is 3.97. The lowest BCUT2D eigenvalue weighted by Gasteiger charge is -2.23. The molecule has 0 saturated heterocycles. The first-order valence-corrected chi connectivity index (χ1v) is 11.4. The van der Waals surface area contributed by atoms with Gasteiger partial charge in [-0.05, 0) is 64.0 Å². The van der Waals surface area contributed by atoms with Gasteiger partial charge in [-0.25, -0.2) is 4.79 Å². The normalized spacial score (nSPS) is 13.0. The number of hydrogen-bond acceptors (Lipinski definition) is 6. The number of anilines is 2. The number of carbonyl (C=O) groups excluding carboxylic acids is 2. The fourth-order valence-electron chi connectivity index (χ4n) is 3.57. The number of nitrogens with one attached hydrogen (secondary N) is 2. The zero-order valence-electron chi connectivity index (χ0n) is 18.2. The predicted molar refractivity (Wildman–Crippen MR) is 124 cm³/mol. The molecule has 2 aromatic rings. The Kier molecular flexibility index (Phi) is 7.86. The van der Waals surface area contributed by atoms with E-state index < -0.39 is 0 Å². The lowest BCUT2D eigenvalue weighted by molar-refractivity contribution is -0.114. The Morgan fingerprint density at radius 2 is 1.74 bits per heavy atom. The van der Waals surface area contributed by atoms with Crippen LogP contribution < -0.4 is 16.3 Å². The van der Waals surface area contributed by atoms with Crippen LogP contribution in [0.25, 0.3) is 0 Å². The second-order valence-corrected chi connectivity index (χ2v) is 8.85. The lowest BCUT2D eigenvalue weighted by atomic mass is 9.97. The zero-order chi connectivity index (χ0) is 22.4. The van der Waals surface area contributed by atoms with Gasteiger partial charge in [0.25, 0.3) is 0 Å². The molecule has 0 fully saturated rings. The van der Waals surface area contributed by atoms with Crippen LogP contribution in [0, 0.1) is 0 Å². The highest BCUT2D eigenvalue weighted by atomic mass is 32.2. The first-order chi connectivity index (χ1) is 14.8. The van der Waals surface area contributed by atoms with E-state index in [1.807, 2.05) is 14.1 Å². The summed E-state index contributed by atoms with van der Waals surface area (Å²) in [5, 5.41) is 6.21. The quantitative estimate of drug-likeness (QED) is 0.480. The van der Waals surface area contributed by atoms with Crippen LogP contribution in [0.4, 0.5) is 11.4 Å². The van der Waals surface area contributed by atoms with Crippen LogP contribution in [0.15, 0.2) is 34.1 Å². The fourth-order valence-corrected chi connectivity index (χ4v) is 4.45. The van der Waals surface area contributed by atoms with E-state index in [1.165, 1.54) is 18.7 Å². The molecule has 166 valence electrons. The van der Waals surface area contributed by atoms with Crippen LogP contribution in [0.1, 0.15) is 31.0 Å². The molecular weight excluding hydrogens is 414 g/mol. The minimum absolute atomic E-state index is 0.146. The van der Waals surface area contributed by atoms with Gasteiger partial charge < -0.3 is 15.5 Å². The molecule has 1 aliphatic rings. The third-order valence-corrected chi connectivity index (χ3v) is 6.07. The van der Waals surface area contributed by atoms with Crippen LogP contribution in [0.3, 0.4) is 0 Å². The van der Waals surface area contributed by atoms with Crippen molar-refractivity contribution in [2.75, 3.05) is 37.0 Å². The van der Waals surface area contributed by atoms with Crippen molar-refractivity contribution in [1.82, 2.24) is 14.5 Å². The number of hydrogen-bond donors (Lipinski definition) is 2. The predicted octanol–water partition coefficient (Wildman–Crippen LogP) is 2.37. The summed E-state index contributed by atoms with van der Waals surface area (Å²) in [5.74, 6) is -0.137. The van der Waals surface area contributed by atoms with Crippen molar-refractivity contribution < 1.29 is 9.59 Å². The second-order valence-electron chi connectivity index (χ2n) is 7.88. The van der Waals surface area contributed by atoms with Gasteiger partial charge in [-0.3, -0.25) is 14.2 Å². The molecule has 31 heavy (non-hydrogen) atoms. The molecule has 0 saturated carbocycles. The van der Waals surface area contributed by atoms with Crippen LogP contribution in [-0.2, 0) is 29.0 Å². The van der Waals surface area contributed by atoms with Gasteiger partial charge in [0, 0.05) is 42.6 Å². The highest BCUT2D eigenvalue weighted by Gasteiger charge is 2.21. The molecule has 2 N–H and O–H groups in total. The molecule has 1 aromatic heterocycles. The number of nitrogens with zero attached hydrogens (tertiary/aromatic N) is 3. The van der Waals surface area contributed by atoms with E-state index in [2.05, 4.69) is 20.5 Å². The number of thioether (sulfide) groups is 1. The standard InChI is InChI=1S/C22H29N5O3S/c1-15(28)23-16-8-10-17(11-9-16)24-20(29)14-31-21-18-6-4-5-7-19(18)27(22(30)25-21)13-12-26(2)3/h8-11H,4-7,12-14H2,1-3H3,(H,23,28)(H,24,29). The topological polar surface area (TPSA) is 96.3 Å². The summed E-state index contributed by atoms with van der Waals surface area (Å²) in [4.78, 5) is 42.5. The number of amides is 2. The van der Waals surface area contributed by atoms with E-state index in [1.54, 1.807) is 28.8 Å². The van der Waals surface area contributed by atoms with Crippen LogP contribution >= 0.6 is 11.8 Å². The minimum atomic E-state index is -0.237. The Morgan fingerprint density at radius 3 is 2.39 bits per heavy atom. The SMILES string of the molecule is CC(=O)Nc1ccc(NC(=O)CSc2nc(=O)n(CCN(C)C)c3c2CCCC3)cc1. The van der Waals surface area contributed by atoms with E-state index in [0.29, 0.717) is 22.9 Å². The Labute approximate surface area is 186 Å². The van der Waals surface area contributed by atoms with Crippen LogP contribution in [0.5, 0.6) is 0 Å². The number of carbonyl (C=O) groups is 2. The van der Waals surface area contributed by atoms with Gasteiger partial charge >= 0.3 is 5.69 Å². The smallest absolute Gasteiger partial charge is 0.326 e. The van der Waals surface area contributed by atoms with Gasteiger partial charge in [0.05, 0.1) is 5.75 Å². The van der Waals surface area contributed by atoms with Crippen LogP contribution in [-0.4, -0.2) is 52.7 Å². The Balaban J connectivity index is 1.67. The van der Waals surface area contributed by atoms with Crippen molar-refractivity contribution in [2.24, 2.45) is 0 Å². The fraction of sp³-hybridized carbons (Fsp3) is 0.455. The third kappa shape index (κ3) is 6.41. The van der Waals surface area contributed by atoms with Crippen LogP contribution in [0.2, 0.25) is 0 Å². The molecule has 8 nitrogen and oxygen atoms in total. The van der Waals surface area contributed by atoms with E-state index in [-0.39, 0.29) is 23.3 Å². The Morgan fingerprint density at radius 1 is 1.10 bits per heavy atom. The molecule has 2 amide bonds. The van der Waals surface area contributed by atoms with Gasteiger partial charge in [-0.2, -0.15) is 4.98 Å². The van der Waals surface area contributed by atoms with E-state index in [9.17, 15) is 14.4 Å². The Bertz CT molecular complexity index is 1000. The van der Waals surface area contributed by atoms with Crippen molar-refractivity contribution in [3.05, 3.63) is 46.0 Å². The second kappa shape index (κ2) is 10.6. The van der Waals surface area contributed by atoms with Gasteiger partial charge in [0.2, 0.25) is 11.8 Å². The number of aromatic nitrogens is 2. The maximum absolute atomic E-state index is 12.7.